The Morgan fingerprint density at radius 3 is 2.72 bits per heavy atom. The van der Waals surface area contributed by atoms with Crippen molar-refractivity contribution in [2.75, 3.05) is 5.32 Å². The third kappa shape index (κ3) is 4.29. The van der Waals surface area contributed by atoms with Crippen LogP contribution < -0.4 is 10.6 Å². The molecule has 7 rings (SSSR count). The Morgan fingerprint density at radius 1 is 1.05 bits per heavy atom. The lowest BCUT2D eigenvalue weighted by molar-refractivity contribution is -0.120. The van der Waals surface area contributed by atoms with Crippen LogP contribution in [0.25, 0.3) is 10.4 Å². The molecule has 0 saturated heterocycles. The third-order valence-electron chi connectivity index (χ3n) is 8.80. The van der Waals surface area contributed by atoms with Crippen LogP contribution in [0.15, 0.2) is 72.2 Å². The number of rotatable bonds is 4. The number of halogens is 2. The van der Waals surface area contributed by atoms with Gasteiger partial charge in [-0.25, -0.2) is 13.8 Å². The van der Waals surface area contributed by atoms with Gasteiger partial charge in [-0.3, -0.25) is 19.6 Å². The second-order valence-corrected chi connectivity index (χ2v) is 11.1. The van der Waals surface area contributed by atoms with Crippen LogP contribution in [0.1, 0.15) is 74.8 Å². The van der Waals surface area contributed by atoms with Crippen molar-refractivity contribution in [3.8, 4) is 0 Å². The summed E-state index contributed by atoms with van der Waals surface area (Å²) in [6, 6.07) is 11.3. The van der Waals surface area contributed by atoms with Gasteiger partial charge in [-0.15, -0.1) is 0 Å². The van der Waals surface area contributed by atoms with E-state index in [0.29, 0.717) is 48.3 Å². The summed E-state index contributed by atoms with van der Waals surface area (Å²) < 4.78 is 29.1. The molecule has 0 unspecified atom stereocenters. The maximum atomic E-state index is 14.9. The summed E-state index contributed by atoms with van der Waals surface area (Å²) in [7, 11) is 0. The van der Waals surface area contributed by atoms with Gasteiger partial charge in [-0.05, 0) is 71.7 Å². The highest BCUT2D eigenvalue weighted by Gasteiger charge is 2.51. The molecule has 2 N–H and O–H groups in total. The predicted octanol–water partition coefficient (Wildman–Crippen LogP) is 5.54. The second kappa shape index (κ2) is 10.2. The van der Waals surface area contributed by atoms with Crippen LogP contribution in [0.4, 0.5) is 14.6 Å². The SMILES string of the molecule is [N-]=[N+]=N[C@H]1c2cccnc2[C@H](NC(=O)c2cnc3c(c2)C[C@@]2(C3)C(=O)Nc3ncccc32)CC[C@H]1c1cccc(F)c1F. The van der Waals surface area contributed by atoms with E-state index in [4.69, 9.17) is 0 Å². The Bertz CT molecular complexity index is 1860. The van der Waals surface area contributed by atoms with Crippen molar-refractivity contribution in [2.45, 2.75) is 49.1 Å². The van der Waals surface area contributed by atoms with Gasteiger partial charge in [0.2, 0.25) is 5.91 Å². The van der Waals surface area contributed by atoms with Crippen LogP contribution in [0.3, 0.4) is 0 Å². The van der Waals surface area contributed by atoms with Gasteiger partial charge in [0.25, 0.3) is 5.91 Å². The number of nitrogens with one attached hydrogen (secondary N) is 2. The maximum absolute atomic E-state index is 14.9. The lowest BCUT2D eigenvalue weighted by Gasteiger charge is -2.23. The molecule has 0 fully saturated rings. The zero-order valence-corrected chi connectivity index (χ0v) is 22.7. The fourth-order valence-electron chi connectivity index (χ4n) is 6.78. The number of hydrogen-bond acceptors (Lipinski definition) is 6. The van der Waals surface area contributed by atoms with Crippen molar-refractivity contribution in [3.63, 3.8) is 0 Å². The zero-order valence-electron chi connectivity index (χ0n) is 22.7. The van der Waals surface area contributed by atoms with Crippen LogP contribution in [0.2, 0.25) is 0 Å². The molecule has 214 valence electrons. The molecule has 12 heteroatoms. The van der Waals surface area contributed by atoms with Crippen LogP contribution in [0, 0.1) is 11.6 Å². The Morgan fingerprint density at radius 2 is 1.86 bits per heavy atom. The molecule has 43 heavy (non-hydrogen) atoms. The Hall–Kier alpha value is -5.22. The fraction of sp³-hybridized carbons (Fsp3) is 0.258. The number of nitrogens with zero attached hydrogens (tertiary/aromatic N) is 6. The minimum absolute atomic E-state index is 0.101. The molecule has 1 aromatic carbocycles. The Kier molecular flexibility index (Phi) is 6.36. The van der Waals surface area contributed by atoms with E-state index in [9.17, 15) is 23.9 Å². The highest BCUT2D eigenvalue weighted by molar-refractivity contribution is 6.06. The Balaban J connectivity index is 1.18. The van der Waals surface area contributed by atoms with Crippen molar-refractivity contribution >= 4 is 17.6 Å². The van der Waals surface area contributed by atoms with E-state index in [2.05, 4.69) is 35.6 Å². The van der Waals surface area contributed by atoms with Crippen molar-refractivity contribution in [1.29, 1.82) is 0 Å². The van der Waals surface area contributed by atoms with E-state index in [1.54, 1.807) is 36.7 Å². The summed E-state index contributed by atoms with van der Waals surface area (Å²) in [5.74, 6) is -2.64. The molecule has 2 amide bonds. The molecule has 0 saturated carbocycles. The first kappa shape index (κ1) is 26.7. The largest absolute Gasteiger partial charge is 0.344 e. The molecule has 4 atom stereocenters. The van der Waals surface area contributed by atoms with Gasteiger partial charge in [0.05, 0.1) is 28.8 Å². The van der Waals surface area contributed by atoms with Gasteiger partial charge < -0.3 is 10.6 Å². The average Bonchev–Trinajstić information content (AvgIpc) is 3.49. The molecule has 2 aliphatic carbocycles. The maximum Gasteiger partial charge on any atom is 0.253 e. The second-order valence-electron chi connectivity index (χ2n) is 11.1. The van der Waals surface area contributed by atoms with Crippen LogP contribution in [-0.2, 0) is 23.1 Å². The third-order valence-corrected chi connectivity index (χ3v) is 8.80. The summed E-state index contributed by atoms with van der Waals surface area (Å²) in [6.45, 7) is 0. The van der Waals surface area contributed by atoms with Gasteiger partial charge in [0.1, 0.15) is 5.82 Å². The number of hydrogen-bond donors (Lipinski definition) is 2. The number of carbonyl (C=O) groups is 2. The first-order chi connectivity index (χ1) is 20.9. The number of azide groups is 1. The standard InChI is InChI=1S/C31H24F2N8O2/c32-22-7-1-4-18(25(22)33)19-8-9-23(27-20(5-2-10-35-27)26(19)40-41-34)38-29(42)17-12-16-13-31(14-24(16)37-15-17)21-6-3-11-36-28(21)39-30(31)43/h1-7,10-12,15,19,23,26H,8-9,13-14H2,(H,38,42)(H,36,39,43)/t19-,23+,26+,31-/m0/s1. The van der Waals surface area contributed by atoms with Gasteiger partial charge in [-0.2, -0.15) is 0 Å². The lowest BCUT2D eigenvalue weighted by Crippen LogP contribution is -2.35. The van der Waals surface area contributed by atoms with E-state index in [1.165, 1.54) is 18.3 Å². The van der Waals surface area contributed by atoms with E-state index in [-0.39, 0.29) is 11.5 Å². The lowest BCUT2D eigenvalue weighted by atomic mass is 9.80. The number of amides is 2. The monoisotopic (exact) mass is 578 g/mol. The number of anilines is 1. The van der Waals surface area contributed by atoms with Crippen molar-refractivity contribution < 1.29 is 18.4 Å². The summed E-state index contributed by atoms with van der Waals surface area (Å²) in [5.41, 5.74) is 12.4. The van der Waals surface area contributed by atoms with Crippen LogP contribution >= 0.6 is 0 Å². The van der Waals surface area contributed by atoms with Gasteiger partial charge >= 0.3 is 0 Å². The van der Waals surface area contributed by atoms with Crippen LogP contribution in [0.5, 0.6) is 0 Å². The van der Waals surface area contributed by atoms with Gasteiger partial charge in [-0.1, -0.05) is 29.4 Å². The molecular formula is C31H24F2N8O2. The smallest absolute Gasteiger partial charge is 0.253 e. The zero-order chi connectivity index (χ0) is 29.7. The molecule has 1 aliphatic heterocycles. The minimum Gasteiger partial charge on any atom is -0.344 e. The summed E-state index contributed by atoms with van der Waals surface area (Å²) in [6.07, 6.45) is 6.13. The predicted molar refractivity (Wildman–Crippen MR) is 151 cm³/mol. The van der Waals surface area contributed by atoms with E-state index < -0.39 is 41.0 Å². The number of fused-ring (bicyclic) bond motifs is 4. The van der Waals surface area contributed by atoms with E-state index in [1.807, 2.05) is 6.07 Å². The molecule has 4 aromatic rings. The van der Waals surface area contributed by atoms with Crippen molar-refractivity contribution in [1.82, 2.24) is 20.3 Å². The molecule has 10 nitrogen and oxygen atoms in total. The summed E-state index contributed by atoms with van der Waals surface area (Å²) in [4.78, 5) is 43.0. The van der Waals surface area contributed by atoms with Gasteiger partial charge in [0, 0.05) is 41.2 Å². The quantitative estimate of drug-likeness (QED) is 0.141. The molecular weight excluding hydrogens is 554 g/mol. The Labute approximate surface area is 244 Å². The van der Waals surface area contributed by atoms with E-state index >= 15 is 0 Å². The fourth-order valence-corrected chi connectivity index (χ4v) is 6.78. The molecule has 1 spiro atoms. The van der Waals surface area contributed by atoms with Crippen molar-refractivity contribution in [3.05, 3.63) is 128 Å². The highest BCUT2D eigenvalue weighted by atomic mass is 19.2. The van der Waals surface area contributed by atoms with Gasteiger partial charge in [0.15, 0.2) is 11.6 Å². The first-order valence-electron chi connectivity index (χ1n) is 13.9. The topological polar surface area (TPSA) is 146 Å². The number of carbonyl (C=O) groups excluding carboxylic acids is 2. The van der Waals surface area contributed by atoms with E-state index in [0.717, 1.165) is 22.9 Å². The number of pyridine rings is 3. The molecule has 4 heterocycles. The highest BCUT2D eigenvalue weighted by Crippen LogP contribution is 2.47. The number of aromatic nitrogens is 3. The molecule has 3 aromatic heterocycles. The molecule has 3 aliphatic rings. The first-order valence-corrected chi connectivity index (χ1v) is 13.9. The minimum atomic E-state index is -0.991. The average molecular weight is 579 g/mol. The van der Waals surface area contributed by atoms with Crippen LogP contribution in [-0.4, -0.2) is 26.8 Å². The normalized spacial score (nSPS) is 23.4. The van der Waals surface area contributed by atoms with Crippen molar-refractivity contribution in [2.24, 2.45) is 5.11 Å². The summed E-state index contributed by atoms with van der Waals surface area (Å²) >= 11 is 0. The molecule has 0 bridgehead atoms. The number of benzene rings is 1. The summed E-state index contributed by atoms with van der Waals surface area (Å²) in [5, 5.41) is 9.88. The molecule has 0 radical (unpaired) electrons.